The summed E-state index contributed by atoms with van der Waals surface area (Å²) in [5, 5.41) is 24.3. The topological polar surface area (TPSA) is 106 Å². The Morgan fingerprint density at radius 1 is 0.931 bits per heavy atom. The number of nitrogens with zero attached hydrogens (tertiary/aromatic N) is 3. The summed E-state index contributed by atoms with van der Waals surface area (Å²) in [4.78, 5) is 0. The van der Waals surface area contributed by atoms with Crippen molar-refractivity contribution in [2.24, 2.45) is 0 Å². The zero-order chi connectivity index (χ0) is 20.8. The Balaban J connectivity index is 1.90. The van der Waals surface area contributed by atoms with Gasteiger partial charge in [-0.1, -0.05) is 5.21 Å². The smallest absolute Gasteiger partial charge is 0.213 e. The fourth-order valence-corrected chi connectivity index (χ4v) is 2.78. The van der Waals surface area contributed by atoms with Crippen LogP contribution in [0.4, 0.5) is 0 Å². The Morgan fingerprint density at radius 3 is 2.17 bits per heavy atom. The second kappa shape index (κ2) is 9.01. The Kier molecular flexibility index (Phi) is 6.23. The fourth-order valence-electron chi connectivity index (χ4n) is 2.78. The van der Waals surface area contributed by atoms with E-state index in [1.807, 2.05) is 26.0 Å². The molecule has 1 aromatic heterocycles. The number of aromatic nitrogens is 3. The van der Waals surface area contributed by atoms with E-state index in [9.17, 15) is 0 Å². The van der Waals surface area contributed by atoms with Crippen molar-refractivity contribution in [1.29, 1.82) is 10.8 Å². The van der Waals surface area contributed by atoms with Crippen LogP contribution in [0.2, 0.25) is 0 Å². The number of hydrogen-bond donors (Lipinski definition) is 2. The lowest BCUT2D eigenvalue weighted by molar-refractivity contribution is 0.325. The molecule has 0 radical (unpaired) electrons. The van der Waals surface area contributed by atoms with Gasteiger partial charge in [-0.05, 0) is 56.3 Å². The summed E-state index contributed by atoms with van der Waals surface area (Å²) in [6, 6.07) is 12.7. The summed E-state index contributed by atoms with van der Waals surface area (Å²) >= 11 is 0. The van der Waals surface area contributed by atoms with Crippen LogP contribution >= 0.6 is 0 Å². The van der Waals surface area contributed by atoms with Crippen LogP contribution in [-0.4, -0.2) is 47.1 Å². The average molecular weight is 393 g/mol. The van der Waals surface area contributed by atoms with E-state index in [0.29, 0.717) is 35.8 Å². The first-order valence-corrected chi connectivity index (χ1v) is 9.22. The number of hydrogen-bond acceptors (Lipinski definition) is 7. The Labute approximate surface area is 169 Å². The Bertz CT molecular complexity index is 1010. The van der Waals surface area contributed by atoms with Gasteiger partial charge < -0.3 is 14.2 Å². The number of rotatable bonds is 7. The van der Waals surface area contributed by atoms with Gasteiger partial charge in [0.05, 0.1) is 32.2 Å². The highest BCUT2D eigenvalue weighted by molar-refractivity contribution is 5.93. The molecule has 0 amide bonds. The highest BCUT2D eigenvalue weighted by Gasteiger charge is 2.14. The maximum Gasteiger partial charge on any atom is 0.213 e. The fraction of sp³-hybridized carbons (Fsp3) is 0.238. The lowest BCUT2D eigenvalue weighted by Gasteiger charge is -2.10. The average Bonchev–Trinajstić information content (AvgIpc) is 3.24. The molecule has 0 unspecified atom stereocenters. The minimum Gasteiger partial charge on any atom is -0.496 e. The molecule has 0 aliphatic carbocycles. The minimum absolute atomic E-state index is 0.0936. The molecule has 0 aliphatic rings. The molecule has 8 nitrogen and oxygen atoms in total. The third kappa shape index (κ3) is 4.43. The predicted octanol–water partition coefficient (Wildman–Crippen LogP) is 3.67. The van der Waals surface area contributed by atoms with Gasteiger partial charge >= 0.3 is 0 Å². The van der Waals surface area contributed by atoms with E-state index in [1.54, 1.807) is 48.3 Å². The first-order chi connectivity index (χ1) is 14.1. The molecule has 3 rings (SSSR count). The van der Waals surface area contributed by atoms with Crippen LogP contribution < -0.4 is 4.74 Å². The van der Waals surface area contributed by atoms with E-state index < -0.39 is 0 Å². The lowest BCUT2D eigenvalue weighted by Crippen LogP contribution is -2.05. The molecule has 150 valence electrons. The molecular weight excluding hydrogens is 370 g/mol. The van der Waals surface area contributed by atoms with Crippen molar-refractivity contribution < 1.29 is 14.2 Å². The summed E-state index contributed by atoms with van der Waals surface area (Å²) in [7, 11) is 1.59. The van der Waals surface area contributed by atoms with Gasteiger partial charge in [0.1, 0.15) is 11.4 Å². The molecule has 2 N–H and O–H groups in total. The van der Waals surface area contributed by atoms with E-state index in [1.165, 1.54) is 0 Å². The standard InChI is InChI=1S/C21H23N5O3/c1-4-28-20(22)14-6-9-16(10-7-14)26-13-18(24-25-26)17-12-15(21(23)29-5-2)8-11-19(17)27-3/h6-13,22-23H,4-5H2,1-3H3. The van der Waals surface area contributed by atoms with Gasteiger partial charge in [-0.2, -0.15) is 0 Å². The summed E-state index contributed by atoms with van der Waals surface area (Å²) < 4.78 is 17.6. The van der Waals surface area contributed by atoms with Crippen LogP contribution in [0.5, 0.6) is 5.75 Å². The maximum absolute atomic E-state index is 8.01. The highest BCUT2D eigenvalue weighted by Crippen LogP contribution is 2.30. The van der Waals surface area contributed by atoms with Gasteiger partial charge in [0.15, 0.2) is 0 Å². The molecule has 0 atom stereocenters. The summed E-state index contributed by atoms with van der Waals surface area (Å²) in [5.41, 5.74) is 3.46. The summed E-state index contributed by atoms with van der Waals surface area (Å²) in [6.07, 6.45) is 1.79. The SMILES string of the molecule is CCOC(=N)c1ccc(-n2cc(-c3cc(C(=N)OCC)ccc3OC)nn2)cc1. The van der Waals surface area contributed by atoms with Crippen LogP contribution in [0, 0.1) is 10.8 Å². The van der Waals surface area contributed by atoms with E-state index in [0.717, 1.165) is 11.3 Å². The molecule has 8 heteroatoms. The normalized spacial score (nSPS) is 10.4. The van der Waals surface area contributed by atoms with E-state index >= 15 is 0 Å². The van der Waals surface area contributed by atoms with E-state index in [4.69, 9.17) is 25.0 Å². The van der Waals surface area contributed by atoms with Gasteiger partial charge in [-0.25, -0.2) is 4.68 Å². The molecule has 0 fully saturated rings. The molecule has 0 saturated carbocycles. The van der Waals surface area contributed by atoms with E-state index in [2.05, 4.69) is 10.3 Å². The van der Waals surface area contributed by atoms with Crippen molar-refractivity contribution in [2.45, 2.75) is 13.8 Å². The number of ether oxygens (including phenoxy) is 3. The molecule has 29 heavy (non-hydrogen) atoms. The number of benzene rings is 2. The van der Waals surface area contributed by atoms with Gasteiger partial charge in [0, 0.05) is 16.7 Å². The maximum atomic E-state index is 8.01. The molecule has 3 aromatic rings. The van der Waals surface area contributed by atoms with Gasteiger partial charge in [0.2, 0.25) is 11.8 Å². The summed E-state index contributed by atoms with van der Waals surface area (Å²) in [5.74, 6) is 0.860. The van der Waals surface area contributed by atoms with Crippen molar-refractivity contribution in [3.63, 3.8) is 0 Å². The highest BCUT2D eigenvalue weighted by atomic mass is 16.5. The third-order valence-electron chi connectivity index (χ3n) is 4.20. The van der Waals surface area contributed by atoms with Crippen molar-refractivity contribution in [3.05, 3.63) is 59.8 Å². The minimum atomic E-state index is 0.0936. The van der Waals surface area contributed by atoms with Crippen LogP contribution in [0.1, 0.15) is 25.0 Å². The molecule has 0 aliphatic heterocycles. The number of nitrogens with one attached hydrogen (secondary N) is 2. The van der Waals surface area contributed by atoms with E-state index in [-0.39, 0.29) is 11.8 Å². The van der Waals surface area contributed by atoms with Gasteiger partial charge in [-0.3, -0.25) is 10.8 Å². The predicted molar refractivity (Wildman–Crippen MR) is 110 cm³/mol. The van der Waals surface area contributed by atoms with Crippen molar-refractivity contribution in [3.8, 4) is 22.7 Å². The van der Waals surface area contributed by atoms with Crippen molar-refractivity contribution in [2.75, 3.05) is 20.3 Å². The monoisotopic (exact) mass is 393 g/mol. The quantitative estimate of drug-likeness (QED) is 0.471. The van der Waals surface area contributed by atoms with Crippen molar-refractivity contribution in [1.82, 2.24) is 15.0 Å². The Hall–Kier alpha value is -3.68. The molecule has 0 bridgehead atoms. The third-order valence-corrected chi connectivity index (χ3v) is 4.20. The first kappa shape index (κ1) is 20.1. The van der Waals surface area contributed by atoms with Crippen LogP contribution in [0.25, 0.3) is 16.9 Å². The van der Waals surface area contributed by atoms with Gasteiger partial charge in [-0.15, -0.1) is 5.10 Å². The second-order valence-electron chi connectivity index (χ2n) is 6.03. The first-order valence-electron chi connectivity index (χ1n) is 9.22. The Morgan fingerprint density at radius 2 is 1.55 bits per heavy atom. The molecule has 1 heterocycles. The van der Waals surface area contributed by atoms with Gasteiger partial charge in [0.25, 0.3) is 0 Å². The number of methoxy groups -OCH3 is 1. The lowest BCUT2D eigenvalue weighted by atomic mass is 10.1. The second-order valence-corrected chi connectivity index (χ2v) is 6.03. The van der Waals surface area contributed by atoms with Crippen LogP contribution in [0.15, 0.2) is 48.7 Å². The van der Waals surface area contributed by atoms with Crippen LogP contribution in [-0.2, 0) is 9.47 Å². The largest absolute Gasteiger partial charge is 0.496 e. The molecule has 2 aromatic carbocycles. The van der Waals surface area contributed by atoms with Crippen LogP contribution in [0.3, 0.4) is 0 Å². The zero-order valence-electron chi connectivity index (χ0n) is 16.6. The summed E-state index contributed by atoms with van der Waals surface area (Å²) in [6.45, 7) is 4.56. The zero-order valence-corrected chi connectivity index (χ0v) is 16.6. The molecular formula is C21H23N5O3. The van der Waals surface area contributed by atoms with Crippen molar-refractivity contribution >= 4 is 11.8 Å². The molecule has 0 saturated heterocycles. The molecule has 0 spiro atoms.